The maximum absolute atomic E-state index is 13.9. The second kappa shape index (κ2) is 8.98. The average molecular weight is 520 g/mol. The number of nitrogens with one attached hydrogen (secondary N) is 1. The first kappa shape index (κ1) is 22.1. The van der Waals surface area contributed by atoms with E-state index in [9.17, 15) is 4.79 Å². The molecule has 1 aliphatic heterocycles. The second-order valence-corrected chi connectivity index (χ2v) is 10.4. The van der Waals surface area contributed by atoms with Crippen molar-refractivity contribution in [1.29, 1.82) is 0 Å². The summed E-state index contributed by atoms with van der Waals surface area (Å²) in [6.45, 7) is 2.04. The molecule has 0 fully saturated rings. The Labute approximate surface area is 214 Å². The van der Waals surface area contributed by atoms with Crippen LogP contribution in [0.2, 0.25) is 0 Å². The van der Waals surface area contributed by atoms with Crippen molar-refractivity contribution in [3.63, 3.8) is 0 Å². The normalized spacial score (nSPS) is 19.7. The number of aryl methyl sites for hydroxylation is 1. The van der Waals surface area contributed by atoms with Gasteiger partial charge in [-0.2, -0.15) is 0 Å². The van der Waals surface area contributed by atoms with Crippen LogP contribution in [0.3, 0.4) is 0 Å². The highest BCUT2D eigenvalue weighted by atomic mass is 79.9. The van der Waals surface area contributed by atoms with Crippen LogP contribution in [-0.4, -0.2) is 5.78 Å². The summed E-state index contributed by atoms with van der Waals surface area (Å²) in [5, 5.41) is 5.94. The Kier molecular flexibility index (Phi) is 5.66. The molecule has 2 atom stereocenters. The van der Waals surface area contributed by atoms with Gasteiger partial charge in [0.15, 0.2) is 5.78 Å². The minimum absolute atomic E-state index is 0.107. The van der Waals surface area contributed by atoms with Crippen molar-refractivity contribution in [2.24, 2.45) is 5.92 Å². The van der Waals surface area contributed by atoms with E-state index < -0.39 is 0 Å². The van der Waals surface area contributed by atoms with Crippen molar-refractivity contribution in [1.82, 2.24) is 5.32 Å². The second-order valence-electron chi connectivity index (χ2n) is 9.51. The first-order chi connectivity index (χ1) is 17.1. The van der Waals surface area contributed by atoms with E-state index in [1.54, 1.807) is 0 Å². The number of Topliss-reactive ketones (excluding diaryl/α,β-unsaturated/α-hetero) is 1. The van der Waals surface area contributed by atoms with Crippen LogP contribution >= 0.6 is 15.9 Å². The van der Waals surface area contributed by atoms with Crippen LogP contribution in [0.4, 0.5) is 0 Å². The summed E-state index contributed by atoms with van der Waals surface area (Å²) >= 11 is 3.63. The van der Waals surface area contributed by atoms with E-state index in [-0.39, 0.29) is 17.6 Å². The number of halogens is 1. The van der Waals surface area contributed by atoms with Crippen LogP contribution in [0.15, 0.2) is 95.3 Å². The number of hydrogen-bond acceptors (Lipinski definition) is 2. The Morgan fingerprint density at radius 3 is 2.77 bits per heavy atom. The molecular weight excluding hydrogens is 494 g/mol. The highest BCUT2D eigenvalue weighted by Gasteiger charge is 2.31. The van der Waals surface area contributed by atoms with Gasteiger partial charge in [-0.3, -0.25) is 4.79 Å². The Morgan fingerprint density at radius 2 is 1.86 bits per heavy atom. The monoisotopic (exact) mass is 519 g/mol. The summed E-state index contributed by atoms with van der Waals surface area (Å²) in [5.41, 5.74) is 8.17. The van der Waals surface area contributed by atoms with Gasteiger partial charge in [0, 0.05) is 33.8 Å². The predicted molar refractivity (Wildman–Crippen MR) is 147 cm³/mol. The van der Waals surface area contributed by atoms with Crippen LogP contribution in [0.25, 0.3) is 23.3 Å². The first-order valence-corrected chi connectivity index (χ1v) is 12.9. The molecule has 3 aromatic rings. The molecule has 1 heterocycles. The topological polar surface area (TPSA) is 29.1 Å². The molecule has 3 aliphatic rings. The average Bonchev–Trinajstić information content (AvgIpc) is 3.18. The summed E-state index contributed by atoms with van der Waals surface area (Å²) in [7, 11) is 0. The van der Waals surface area contributed by atoms with Gasteiger partial charge in [-0.15, -0.1) is 0 Å². The van der Waals surface area contributed by atoms with E-state index in [1.807, 2.05) is 43.5 Å². The fourth-order valence-electron chi connectivity index (χ4n) is 5.61. The van der Waals surface area contributed by atoms with E-state index in [0.29, 0.717) is 0 Å². The van der Waals surface area contributed by atoms with Crippen molar-refractivity contribution in [3.05, 3.63) is 128 Å². The minimum atomic E-state index is -0.207. The van der Waals surface area contributed by atoms with E-state index in [0.717, 1.165) is 34.1 Å². The third-order valence-corrected chi connectivity index (χ3v) is 8.02. The molecule has 1 N–H and O–H groups in total. The molecule has 172 valence electrons. The molecule has 0 saturated carbocycles. The maximum Gasteiger partial charge on any atom is 0.170 e. The molecule has 0 aromatic heterocycles. The largest absolute Gasteiger partial charge is 0.364 e. The smallest absolute Gasteiger partial charge is 0.170 e. The predicted octanol–water partition coefficient (Wildman–Crippen LogP) is 6.09. The standard InChI is InChI=1S/C32H26BrNO/c1-20-10-15-30(33)29(17-20)32(35)22-18-27-25-12-11-21-7-4-5-8-23(21)24(25)13-14-26(27)28(19-22)31-9-3-2-6-16-34-31/h2-10,12-18,22,28,34H,11,19H2,1H3. The molecule has 0 bridgehead atoms. The van der Waals surface area contributed by atoms with Gasteiger partial charge in [0.1, 0.15) is 0 Å². The van der Waals surface area contributed by atoms with Crippen LogP contribution in [0.1, 0.15) is 39.4 Å². The number of fused-ring (bicyclic) bond motifs is 5. The Morgan fingerprint density at radius 1 is 0.971 bits per heavy atom. The molecule has 2 aliphatic carbocycles. The van der Waals surface area contributed by atoms with Gasteiger partial charge in [0.25, 0.3) is 0 Å². The number of allylic oxidation sites excluding steroid dienone is 5. The molecule has 35 heavy (non-hydrogen) atoms. The van der Waals surface area contributed by atoms with Gasteiger partial charge in [0.05, 0.1) is 0 Å². The van der Waals surface area contributed by atoms with E-state index >= 15 is 0 Å². The number of benzene rings is 3. The van der Waals surface area contributed by atoms with Gasteiger partial charge in [-0.05, 0) is 76.7 Å². The van der Waals surface area contributed by atoms with Crippen LogP contribution in [0, 0.1) is 12.8 Å². The lowest BCUT2D eigenvalue weighted by molar-refractivity contribution is 0.0943. The summed E-state index contributed by atoms with van der Waals surface area (Å²) in [5.74, 6) is 0.0720. The molecule has 3 heteroatoms. The Balaban J connectivity index is 1.55. The quantitative estimate of drug-likeness (QED) is 0.424. The molecule has 0 spiro atoms. The van der Waals surface area contributed by atoms with Crippen molar-refractivity contribution in [2.75, 3.05) is 0 Å². The third kappa shape index (κ3) is 3.94. The van der Waals surface area contributed by atoms with Crippen molar-refractivity contribution in [2.45, 2.75) is 25.7 Å². The van der Waals surface area contributed by atoms with Gasteiger partial charge in [-0.1, -0.05) is 88.3 Å². The number of carbonyl (C=O) groups is 1. The Hall–Kier alpha value is -3.43. The highest BCUT2D eigenvalue weighted by Crippen LogP contribution is 2.36. The fourth-order valence-corrected chi connectivity index (χ4v) is 6.06. The molecule has 3 aromatic carbocycles. The van der Waals surface area contributed by atoms with Crippen molar-refractivity contribution in [3.8, 4) is 11.1 Å². The molecular formula is C32H26BrNO. The lowest BCUT2D eigenvalue weighted by Gasteiger charge is -2.30. The van der Waals surface area contributed by atoms with Crippen LogP contribution in [0.5, 0.6) is 0 Å². The zero-order valence-electron chi connectivity index (χ0n) is 19.6. The number of rotatable bonds is 3. The molecule has 2 nitrogen and oxygen atoms in total. The molecule has 0 radical (unpaired) electrons. The van der Waals surface area contributed by atoms with Crippen molar-refractivity contribution < 1.29 is 4.79 Å². The Bertz CT molecular complexity index is 1570. The lowest BCUT2D eigenvalue weighted by atomic mass is 9.75. The fraction of sp³-hybridized carbons (Fsp3) is 0.156. The lowest BCUT2D eigenvalue weighted by Crippen LogP contribution is -2.40. The molecule has 2 unspecified atom stereocenters. The molecule has 6 rings (SSSR count). The van der Waals surface area contributed by atoms with Gasteiger partial charge >= 0.3 is 0 Å². The number of carbonyl (C=O) groups excluding carboxylic acids is 1. The third-order valence-electron chi connectivity index (χ3n) is 7.33. The number of hydrogen-bond donors (Lipinski definition) is 1. The number of ketones is 1. The van der Waals surface area contributed by atoms with E-state index in [4.69, 9.17) is 0 Å². The summed E-state index contributed by atoms with van der Waals surface area (Å²) in [6.07, 6.45) is 16.4. The molecule has 0 saturated heterocycles. The van der Waals surface area contributed by atoms with Crippen molar-refractivity contribution >= 4 is 33.9 Å². The highest BCUT2D eigenvalue weighted by molar-refractivity contribution is 9.10. The summed E-state index contributed by atoms with van der Waals surface area (Å²) in [4.78, 5) is 13.9. The van der Waals surface area contributed by atoms with Gasteiger partial charge < -0.3 is 5.32 Å². The zero-order chi connectivity index (χ0) is 23.9. The van der Waals surface area contributed by atoms with Crippen LogP contribution < -0.4 is 15.8 Å². The summed E-state index contributed by atoms with van der Waals surface area (Å²) < 4.78 is 0.858. The summed E-state index contributed by atoms with van der Waals surface area (Å²) in [6, 6.07) is 19.2. The van der Waals surface area contributed by atoms with E-state index in [2.05, 4.69) is 81.9 Å². The maximum atomic E-state index is 13.9. The van der Waals surface area contributed by atoms with Gasteiger partial charge in [0.2, 0.25) is 0 Å². The van der Waals surface area contributed by atoms with Gasteiger partial charge in [-0.25, -0.2) is 0 Å². The first-order valence-electron chi connectivity index (χ1n) is 12.1. The van der Waals surface area contributed by atoms with E-state index in [1.165, 1.54) is 32.7 Å². The zero-order valence-corrected chi connectivity index (χ0v) is 21.2. The SMILES string of the molecule is Cc1ccc(Br)c(C(=O)C2C=c3c(ccc4c3=CCc3ccccc3-4)C(C3=CC=CC=CN3)C2)c1. The van der Waals surface area contributed by atoms with Crippen LogP contribution in [-0.2, 0) is 6.42 Å². The minimum Gasteiger partial charge on any atom is -0.364 e. The molecule has 0 amide bonds.